The first kappa shape index (κ1) is 21.3. The van der Waals surface area contributed by atoms with Gasteiger partial charge in [0.05, 0.1) is 6.10 Å². The SMILES string of the molecule is C[C@@]12CC[C@H](OS(=O)(=O)O)C[C@H]1CC[C@H]1[C@H]2CC[C@@]2(C)C(=O)CC[C@H]12.[Na]. The maximum atomic E-state index is 12.4. The molecule has 0 saturated heterocycles. The standard InChI is InChI=1S/C19H30O5S.Na/c1-18-9-7-13(24-25(21,22)23)11-12(18)3-4-14-15-5-6-17(20)19(15,2)10-8-16(14)18;/h12-16H,3-11H2,1-2H3,(H,21,22,23);/t12-,13+,14-,15-,16-,18-,19-;/m1./s1. The Morgan fingerprint density at radius 1 is 1.04 bits per heavy atom. The largest absolute Gasteiger partial charge is 0.397 e. The summed E-state index contributed by atoms with van der Waals surface area (Å²) in [5.74, 6) is 2.76. The summed E-state index contributed by atoms with van der Waals surface area (Å²) in [5.41, 5.74) is 0.130. The zero-order valence-electron chi connectivity index (χ0n) is 16.2. The van der Waals surface area contributed by atoms with Crippen LogP contribution in [0.3, 0.4) is 0 Å². The van der Waals surface area contributed by atoms with E-state index in [1.807, 2.05) is 0 Å². The number of ketones is 1. The Morgan fingerprint density at radius 3 is 2.46 bits per heavy atom. The van der Waals surface area contributed by atoms with Gasteiger partial charge in [-0.15, -0.1) is 0 Å². The van der Waals surface area contributed by atoms with Gasteiger partial charge in [-0.1, -0.05) is 13.8 Å². The summed E-state index contributed by atoms with van der Waals surface area (Å²) in [6.07, 6.45) is 8.19. The van der Waals surface area contributed by atoms with E-state index in [0.717, 1.165) is 51.4 Å². The Hall–Kier alpha value is 0.540. The van der Waals surface area contributed by atoms with E-state index in [0.29, 0.717) is 35.9 Å². The van der Waals surface area contributed by atoms with Crippen LogP contribution < -0.4 is 0 Å². The molecule has 26 heavy (non-hydrogen) atoms. The van der Waals surface area contributed by atoms with E-state index in [2.05, 4.69) is 13.8 Å². The third kappa shape index (κ3) is 3.37. The summed E-state index contributed by atoms with van der Waals surface area (Å²) >= 11 is 0. The smallest absolute Gasteiger partial charge is 0.299 e. The van der Waals surface area contributed by atoms with Crippen LogP contribution in [0.2, 0.25) is 0 Å². The van der Waals surface area contributed by atoms with Gasteiger partial charge in [-0.3, -0.25) is 9.35 Å². The van der Waals surface area contributed by atoms with Crippen LogP contribution in [-0.2, 0) is 19.4 Å². The molecule has 4 aliphatic rings. The molecule has 5 nitrogen and oxygen atoms in total. The van der Waals surface area contributed by atoms with Crippen LogP contribution in [0.15, 0.2) is 0 Å². The van der Waals surface area contributed by atoms with Crippen LogP contribution in [-0.4, -0.2) is 54.4 Å². The molecule has 0 bridgehead atoms. The molecule has 0 spiro atoms. The normalized spacial score (nSPS) is 48.1. The molecule has 4 saturated carbocycles. The molecule has 0 heterocycles. The second kappa shape index (κ2) is 7.10. The number of carbonyl (C=O) groups is 1. The van der Waals surface area contributed by atoms with Crippen molar-refractivity contribution in [2.24, 2.45) is 34.5 Å². The zero-order chi connectivity index (χ0) is 18.0. The molecular formula is C19H30NaO5S. The van der Waals surface area contributed by atoms with Crippen LogP contribution in [0, 0.1) is 34.5 Å². The van der Waals surface area contributed by atoms with E-state index >= 15 is 0 Å². The second-order valence-corrected chi connectivity index (χ2v) is 10.5. The van der Waals surface area contributed by atoms with E-state index in [4.69, 9.17) is 8.74 Å². The summed E-state index contributed by atoms with van der Waals surface area (Å²) in [4.78, 5) is 12.4. The first-order valence-electron chi connectivity index (χ1n) is 9.82. The summed E-state index contributed by atoms with van der Waals surface area (Å²) in [5, 5.41) is 0. The third-order valence-corrected chi connectivity index (χ3v) is 9.10. The van der Waals surface area contributed by atoms with E-state index in [-0.39, 0.29) is 46.5 Å². The first-order valence-corrected chi connectivity index (χ1v) is 11.2. The second-order valence-electron chi connectivity index (χ2n) is 9.50. The fourth-order valence-electron chi connectivity index (χ4n) is 7.25. The van der Waals surface area contributed by atoms with Crippen LogP contribution in [0.4, 0.5) is 0 Å². The summed E-state index contributed by atoms with van der Waals surface area (Å²) < 4.78 is 36.0. The summed E-state index contributed by atoms with van der Waals surface area (Å²) in [6, 6.07) is 0. The van der Waals surface area contributed by atoms with Gasteiger partial charge >= 0.3 is 10.4 Å². The van der Waals surface area contributed by atoms with Crippen molar-refractivity contribution in [2.45, 2.75) is 77.7 Å². The van der Waals surface area contributed by atoms with Gasteiger partial charge in [-0.2, -0.15) is 8.42 Å². The molecule has 4 rings (SSSR count). The van der Waals surface area contributed by atoms with Gasteiger partial charge in [0.2, 0.25) is 0 Å². The first-order chi connectivity index (χ1) is 11.6. The number of rotatable bonds is 2. The molecule has 143 valence electrons. The Morgan fingerprint density at radius 2 is 1.77 bits per heavy atom. The van der Waals surface area contributed by atoms with Crippen molar-refractivity contribution in [3.05, 3.63) is 0 Å². The molecular weight excluding hydrogens is 363 g/mol. The van der Waals surface area contributed by atoms with Crippen molar-refractivity contribution in [3.8, 4) is 0 Å². The molecule has 4 fully saturated rings. The predicted octanol–water partition coefficient (Wildman–Crippen LogP) is 3.41. The molecule has 7 heteroatoms. The van der Waals surface area contributed by atoms with E-state index in [9.17, 15) is 13.2 Å². The molecule has 7 atom stereocenters. The zero-order valence-corrected chi connectivity index (χ0v) is 19.1. The van der Waals surface area contributed by atoms with Crippen LogP contribution in [0.5, 0.6) is 0 Å². The molecule has 0 aliphatic heterocycles. The Bertz CT molecular complexity index is 679. The quantitative estimate of drug-likeness (QED) is 0.574. The van der Waals surface area contributed by atoms with Gasteiger partial charge in [0, 0.05) is 41.4 Å². The van der Waals surface area contributed by atoms with Crippen LogP contribution in [0.25, 0.3) is 0 Å². The predicted molar refractivity (Wildman–Crippen MR) is 98.9 cm³/mol. The van der Waals surface area contributed by atoms with Crippen molar-refractivity contribution in [1.82, 2.24) is 0 Å². The third-order valence-electron chi connectivity index (χ3n) is 8.58. The average Bonchev–Trinajstić information content (AvgIpc) is 2.82. The molecule has 0 aromatic heterocycles. The van der Waals surface area contributed by atoms with Crippen molar-refractivity contribution in [3.63, 3.8) is 0 Å². The van der Waals surface area contributed by atoms with Gasteiger partial charge in [-0.05, 0) is 80.5 Å². The van der Waals surface area contributed by atoms with E-state index in [1.165, 1.54) is 0 Å². The number of Topliss-reactive ketones (excluding diaryl/α,β-unsaturated/α-hetero) is 1. The van der Waals surface area contributed by atoms with Crippen molar-refractivity contribution in [1.29, 1.82) is 0 Å². The monoisotopic (exact) mass is 393 g/mol. The molecule has 0 aromatic carbocycles. The minimum absolute atomic E-state index is 0. The Balaban J connectivity index is 0.00000196. The van der Waals surface area contributed by atoms with Crippen molar-refractivity contribution < 1.29 is 21.9 Å². The van der Waals surface area contributed by atoms with E-state index < -0.39 is 10.4 Å². The van der Waals surface area contributed by atoms with Gasteiger partial charge < -0.3 is 0 Å². The minimum atomic E-state index is -4.37. The Kier molecular flexibility index (Phi) is 5.80. The molecule has 0 aromatic rings. The fourth-order valence-corrected chi connectivity index (χ4v) is 7.77. The fraction of sp³-hybridized carbons (Fsp3) is 0.947. The maximum absolute atomic E-state index is 12.4. The molecule has 1 N–H and O–H groups in total. The van der Waals surface area contributed by atoms with Crippen molar-refractivity contribution >= 4 is 45.7 Å². The number of carbonyl (C=O) groups excluding carboxylic acids is 1. The average molecular weight is 394 g/mol. The van der Waals surface area contributed by atoms with Gasteiger partial charge in [0.15, 0.2) is 0 Å². The van der Waals surface area contributed by atoms with Gasteiger partial charge in [0.1, 0.15) is 5.78 Å². The number of hydrogen-bond donors (Lipinski definition) is 1. The minimum Gasteiger partial charge on any atom is -0.299 e. The van der Waals surface area contributed by atoms with Gasteiger partial charge in [0.25, 0.3) is 0 Å². The molecule has 0 amide bonds. The maximum Gasteiger partial charge on any atom is 0.397 e. The summed E-state index contributed by atoms with van der Waals surface area (Å²) in [7, 11) is -4.37. The topological polar surface area (TPSA) is 80.7 Å². The summed E-state index contributed by atoms with van der Waals surface area (Å²) in [6.45, 7) is 4.59. The molecule has 4 aliphatic carbocycles. The van der Waals surface area contributed by atoms with E-state index in [1.54, 1.807) is 0 Å². The molecule has 1 radical (unpaired) electrons. The number of hydrogen-bond acceptors (Lipinski definition) is 4. The van der Waals surface area contributed by atoms with Gasteiger partial charge in [-0.25, -0.2) is 4.18 Å². The van der Waals surface area contributed by atoms with Crippen LogP contribution in [0.1, 0.15) is 71.6 Å². The van der Waals surface area contributed by atoms with Crippen LogP contribution >= 0.6 is 0 Å². The van der Waals surface area contributed by atoms with Crippen molar-refractivity contribution in [2.75, 3.05) is 0 Å². The molecule has 0 unspecified atom stereocenters. The number of fused-ring (bicyclic) bond motifs is 5. The Labute approximate surface area is 179 Å².